The number of furan rings is 1. The summed E-state index contributed by atoms with van der Waals surface area (Å²) in [5, 5.41) is 6.48. The van der Waals surface area contributed by atoms with Gasteiger partial charge in [0.25, 0.3) is 0 Å². The molecule has 0 aromatic carbocycles. The summed E-state index contributed by atoms with van der Waals surface area (Å²) in [7, 11) is -1.08. The molecule has 1 aromatic rings. The molecule has 0 bridgehead atoms. The molecule has 150 valence electrons. The Hall–Kier alpha value is -0.850. The number of nitrogens with zero attached hydrogens (tertiary/aromatic N) is 2. The van der Waals surface area contributed by atoms with Crippen molar-refractivity contribution in [2.75, 3.05) is 57.9 Å². The second-order valence-electron chi connectivity index (χ2n) is 5.90. The van der Waals surface area contributed by atoms with Crippen LogP contribution in [0.15, 0.2) is 27.8 Å². The monoisotopic (exact) mass is 500 g/mol. The van der Waals surface area contributed by atoms with Crippen LogP contribution >= 0.6 is 24.0 Å². The van der Waals surface area contributed by atoms with Crippen molar-refractivity contribution in [2.45, 2.75) is 13.0 Å². The maximum absolute atomic E-state index is 11.4. The van der Waals surface area contributed by atoms with Crippen LogP contribution in [0.2, 0.25) is 0 Å². The first-order chi connectivity index (χ1) is 12.1. The van der Waals surface area contributed by atoms with E-state index in [0.29, 0.717) is 26.3 Å². The molecule has 0 radical (unpaired) electrons. The van der Waals surface area contributed by atoms with Crippen LogP contribution in [0.4, 0.5) is 0 Å². The second kappa shape index (κ2) is 12.5. The van der Waals surface area contributed by atoms with Gasteiger partial charge in [0.2, 0.25) is 0 Å². The van der Waals surface area contributed by atoms with Crippen LogP contribution in [0, 0.1) is 0 Å². The van der Waals surface area contributed by atoms with Gasteiger partial charge in [-0.1, -0.05) is 0 Å². The quantitative estimate of drug-likeness (QED) is 0.223. The SMILES string of the molecule is CN=C(NCCCOCc1ccco1)NCCN1CCS(=O)(=O)CC1.I. The number of aliphatic imine (C=N–C) groups is 1. The maximum atomic E-state index is 11.4. The number of nitrogens with one attached hydrogen (secondary N) is 2. The fourth-order valence-electron chi connectivity index (χ4n) is 2.48. The van der Waals surface area contributed by atoms with Crippen molar-refractivity contribution >= 4 is 39.8 Å². The van der Waals surface area contributed by atoms with Gasteiger partial charge in [0.05, 0.1) is 17.8 Å². The Balaban J connectivity index is 0.00000338. The molecule has 0 atom stereocenters. The highest BCUT2D eigenvalue weighted by molar-refractivity contribution is 14.0. The fourth-order valence-corrected chi connectivity index (χ4v) is 3.75. The van der Waals surface area contributed by atoms with E-state index in [1.165, 1.54) is 0 Å². The van der Waals surface area contributed by atoms with Gasteiger partial charge < -0.3 is 19.8 Å². The predicted octanol–water partition coefficient (Wildman–Crippen LogP) is 0.700. The van der Waals surface area contributed by atoms with Crippen LogP contribution in [-0.2, 0) is 21.2 Å². The second-order valence-corrected chi connectivity index (χ2v) is 8.21. The lowest BCUT2D eigenvalue weighted by molar-refractivity contribution is 0.105. The molecule has 0 aliphatic carbocycles. The summed E-state index contributed by atoms with van der Waals surface area (Å²) >= 11 is 0. The van der Waals surface area contributed by atoms with E-state index in [0.717, 1.165) is 37.8 Å². The number of hydrogen-bond donors (Lipinski definition) is 2. The van der Waals surface area contributed by atoms with Crippen molar-refractivity contribution in [3.05, 3.63) is 24.2 Å². The lowest BCUT2D eigenvalue weighted by Crippen LogP contribution is -2.46. The van der Waals surface area contributed by atoms with Gasteiger partial charge in [-0.3, -0.25) is 9.89 Å². The summed E-state index contributed by atoms with van der Waals surface area (Å²) in [6.45, 7) is 4.67. The van der Waals surface area contributed by atoms with E-state index in [2.05, 4.69) is 20.5 Å². The van der Waals surface area contributed by atoms with E-state index in [9.17, 15) is 8.42 Å². The smallest absolute Gasteiger partial charge is 0.191 e. The molecule has 1 fully saturated rings. The first-order valence-electron chi connectivity index (χ1n) is 8.56. The van der Waals surface area contributed by atoms with Crippen LogP contribution in [0.5, 0.6) is 0 Å². The van der Waals surface area contributed by atoms with Crippen molar-refractivity contribution in [1.29, 1.82) is 0 Å². The van der Waals surface area contributed by atoms with Gasteiger partial charge in [0, 0.05) is 46.4 Å². The van der Waals surface area contributed by atoms with Gasteiger partial charge in [-0.05, 0) is 18.6 Å². The molecule has 1 aliphatic rings. The van der Waals surface area contributed by atoms with Crippen LogP contribution < -0.4 is 10.6 Å². The highest BCUT2D eigenvalue weighted by Gasteiger charge is 2.20. The number of rotatable bonds is 9. The fraction of sp³-hybridized carbons (Fsp3) is 0.688. The molecular formula is C16H29IN4O4S. The molecule has 2 heterocycles. The molecule has 0 spiro atoms. The molecule has 26 heavy (non-hydrogen) atoms. The van der Waals surface area contributed by atoms with E-state index in [1.54, 1.807) is 13.3 Å². The Kier molecular flexibility index (Phi) is 11.2. The predicted molar refractivity (Wildman–Crippen MR) is 113 cm³/mol. The molecule has 8 nitrogen and oxygen atoms in total. The van der Waals surface area contributed by atoms with Crippen LogP contribution in [-0.4, -0.2) is 77.2 Å². The Morgan fingerprint density at radius 2 is 2.04 bits per heavy atom. The van der Waals surface area contributed by atoms with Gasteiger partial charge in [0.15, 0.2) is 15.8 Å². The third kappa shape index (κ3) is 9.19. The van der Waals surface area contributed by atoms with Crippen molar-refractivity contribution in [3.63, 3.8) is 0 Å². The molecule has 0 amide bonds. The molecule has 2 rings (SSSR count). The number of sulfone groups is 1. The minimum Gasteiger partial charge on any atom is -0.467 e. The highest BCUT2D eigenvalue weighted by Crippen LogP contribution is 2.03. The summed E-state index contributed by atoms with van der Waals surface area (Å²) in [5.41, 5.74) is 0. The van der Waals surface area contributed by atoms with Gasteiger partial charge >= 0.3 is 0 Å². The molecule has 1 aliphatic heterocycles. The highest BCUT2D eigenvalue weighted by atomic mass is 127. The minimum atomic E-state index is -2.81. The number of hydrogen-bond acceptors (Lipinski definition) is 6. The van der Waals surface area contributed by atoms with E-state index >= 15 is 0 Å². The largest absolute Gasteiger partial charge is 0.467 e. The molecule has 10 heteroatoms. The van der Waals surface area contributed by atoms with Gasteiger partial charge in [-0.25, -0.2) is 8.42 Å². The Labute approximate surface area is 172 Å². The number of ether oxygens (including phenoxy) is 1. The van der Waals surface area contributed by atoms with Crippen molar-refractivity contribution in [2.24, 2.45) is 4.99 Å². The molecule has 0 saturated carbocycles. The average molecular weight is 500 g/mol. The van der Waals surface area contributed by atoms with Crippen LogP contribution in [0.25, 0.3) is 0 Å². The Bertz CT molecular complexity index is 608. The molecule has 2 N–H and O–H groups in total. The van der Waals surface area contributed by atoms with Crippen molar-refractivity contribution in [1.82, 2.24) is 15.5 Å². The Morgan fingerprint density at radius 1 is 1.31 bits per heavy atom. The van der Waals surface area contributed by atoms with Crippen molar-refractivity contribution in [3.8, 4) is 0 Å². The van der Waals surface area contributed by atoms with E-state index in [4.69, 9.17) is 9.15 Å². The van der Waals surface area contributed by atoms with Gasteiger partial charge in [0.1, 0.15) is 12.4 Å². The minimum absolute atomic E-state index is 0. The van der Waals surface area contributed by atoms with E-state index < -0.39 is 9.84 Å². The maximum Gasteiger partial charge on any atom is 0.191 e. The topological polar surface area (TPSA) is 96.2 Å². The first-order valence-corrected chi connectivity index (χ1v) is 10.4. The van der Waals surface area contributed by atoms with Gasteiger partial charge in [-0.15, -0.1) is 24.0 Å². The molecule has 0 unspecified atom stereocenters. The summed E-state index contributed by atoms with van der Waals surface area (Å²) in [6, 6.07) is 3.74. The third-order valence-electron chi connectivity index (χ3n) is 3.96. The normalized spacial score (nSPS) is 17.5. The zero-order chi connectivity index (χ0) is 18.0. The summed E-state index contributed by atoms with van der Waals surface area (Å²) in [4.78, 5) is 6.33. The molecular weight excluding hydrogens is 471 g/mol. The number of halogens is 1. The van der Waals surface area contributed by atoms with E-state index in [1.807, 2.05) is 12.1 Å². The van der Waals surface area contributed by atoms with Crippen LogP contribution in [0.1, 0.15) is 12.2 Å². The van der Waals surface area contributed by atoms with Crippen molar-refractivity contribution < 1.29 is 17.6 Å². The van der Waals surface area contributed by atoms with Crippen LogP contribution in [0.3, 0.4) is 0 Å². The summed E-state index contributed by atoms with van der Waals surface area (Å²) in [5.74, 6) is 2.10. The lowest BCUT2D eigenvalue weighted by Gasteiger charge is -2.26. The zero-order valence-corrected chi connectivity index (χ0v) is 18.3. The lowest BCUT2D eigenvalue weighted by atomic mass is 10.4. The molecule has 1 aromatic heterocycles. The first kappa shape index (κ1) is 23.2. The number of guanidine groups is 1. The zero-order valence-electron chi connectivity index (χ0n) is 15.1. The summed E-state index contributed by atoms with van der Waals surface area (Å²) < 4.78 is 33.5. The third-order valence-corrected chi connectivity index (χ3v) is 5.57. The molecule has 1 saturated heterocycles. The summed E-state index contributed by atoms with van der Waals surface area (Å²) in [6.07, 6.45) is 2.50. The Morgan fingerprint density at radius 3 is 2.69 bits per heavy atom. The average Bonchev–Trinajstić information content (AvgIpc) is 3.11. The van der Waals surface area contributed by atoms with E-state index in [-0.39, 0.29) is 35.5 Å². The van der Waals surface area contributed by atoms with Gasteiger partial charge in [-0.2, -0.15) is 0 Å². The standard InChI is InChI=1S/C16H28N4O4S.HI/c1-17-16(18-5-3-10-23-14-15-4-2-11-24-15)19-6-7-20-8-12-25(21,22)13-9-20;/h2,4,11H,3,5-10,12-14H2,1H3,(H2,17,18,19);1H.